The van der Waals surface area contributed by atoms with Crippen molar-refractivity contribution in [2.24, 2.45) is 0 Å². The van der Waals surface area contributed by atoms with Crippen molar-refractivity contribution in [3.05, 3.63) is 0 Å². The van der Waals surface area contributed by atoms with E-state index < -0.39 is 0 Å². The third-order valence-corrected chi connectivity index (χ3v) is 4.49. The molecule has 1 heterocycles. The average Bonchev–Trinajstić information content (AvgIpc) is 2.44. The minimum atomic E-state index is -0.349. The molecule has 1 atom stereocenters. The number of hydrogen-bond donors (Lipinski definition) is 1. The van der Waals surface area contributed by atoms with Crippen molar-refractivity contribution in [3.63, 3.8) is 0 Å². The summed E-state index contributed by atoms with van der Waals surface area (Å²) in [5, 5.41) is 12.2. The van der Waals surface area contributed by atoms with Gasteiger partial charge in [-0.25, -0.2) is 0 Å². The van der Waals surface area contributed by atoms with E-state index in [9.17, 15) is 0 Å². The Morgan fingerprint density at radius 3 is 2.42 bits per heavy atom. The Morgan fingerprint density at radius 2 is 1.95 bits per heavy atom. The van der Waals surface area contributed by atoms with Crippen LogP contribution in [0.1, 0.15) is 39.0 Å². The van der Waals surface area contributed by atoms with Crippen LogP contribution in [0.4, 0.5) is 0 Å². The lowest BCUT2D eigenvalue weighted by Gasteiger charge is -2.35. The highest BCUT2D eigenvalue weighted by atomic mass is 15.2. The summed E-state index contributed by atoms with van der Waals surface area (Å²) in [6, 6.07) is 3.12. The van der Waals surface area contributed by atoms with Crippen LogP contribution in [-0.4, -0.2) is 62.2 Å². The summed E-state index contributed by atoms with van der Waals surface area (Å²) >= 11 is 0. The van der Waals surface area contributed by atoms with E-state index >= 15 is 0 Å². The fraction of sp³-hybridized carbons (Fsp3) is 0.933. The number of unbranched alkanes of at least 4 members (excludes halogenated alkanes) is 1. The van der Waals surface area contributed by atoms with Gasteiger partial charge in [0.25, 0.3) is 0 Å². The van der Waals surface area contributed by atoms with Gasteiger partial charge in [0, 0.05) is 6.04 Å². The molecule has 0 aromatic heterocycles. The molecule has 1 aliphatic rings. The summed E-state index contributed by atoms with van der Waals surface area (Å²) < 4.78 is 0. The van der Waals surface area contributed by atoms with Crippen molar-refractivity contribution in [2.75, 3.05) is 40.8 Å². The third-order valence-electron chi connectivity index (χ3n) is 4.49. The van der Waals surface area contributed by atoms with Gasteiger partial charge in [0.15, 0.2) is 0 Å². The number of rotatable bonds is 7. The molecule has 0 bridgehead atoms. The molecule has 0 aromatic carbocycles. The van der Waals surface area contributed by atoms with Gasteiger partial charge in [-0.15, -0.1) is 0 Å². The number of piperidine rings is 1. The Kier molecular flexibility index (Phi) is 6.78. The molecule has 1 unspecified atom stereocenters. The number of hydrogen-bond acceptors (Lipinski definition) is 4. The molecule has 0 spiro atoms. The monoisotopic (exact) mass is 266 g/mol. The standard InChI is InChI=1S/C15H30N4/c1-15(13-16,17-2)9-5-6-10-19-11-7-14(8-12-19)18(3)4/h14,17H,5-12H2,1-4H3. The maximum Gasteiger partial charge on any atom is 0.103 e. The zero-order chi connectivity index (χ0) is 14.3. The lowest BCUT2D eigenvalue weighted by atomic mass is 9.96. The first-order valence-electron chi connectivity index (χ1n) is 7.49. The molecule has 0 radical (unpaired) electrons. The Labute approximate surface area is 118 Å². The summed E-state index contributed by atoms with van der Waals surface area (Å²) in [7, 11) is 6.23. The van der Waals surface area contributed by atoms with Crippen LogP contribution >= 0.6 is 0 Å². The van der Waals surface area contributed by atoms with E-state index in [1.54, 1.807) is 0 Å². The highest BCUT2D eigenvalue weighted by Gasteiger charge is 2.22. The van der Waals surface area contributed by atoms with Gasteiger partial charge in [0.1, 0.15) is 5.54 Å². The van der Waals surface area contributed by atoms with E-state index in [1.807, 2.05) is 14.0 Å². The molecule has 110 valence electrons. The maximum absolute atomic E-state index is 9.09. The molecular weight excluding hydrogens is 236 g/mol. The molecule has 1 rings (SSSR count). The van der Waals surface area contributed by atoms with Crippen LogP contribution in [0, 0.1) is 11.3 Å². The predicted octanol–water partition coefficient (Wildman–Crippen LogP) is 1.68. The fourth-order valence-electron chi connectivity index (χ4n) is 2.71. The van der Waals surface area contributed by atoms with Crippen LogP contribution in [0.2, 0.25) is 0 Å². The normalized spacial score (nSPS) is 21.3. The maximum atomic E-state index is 9.09. The van der Waals surface area contributed by atoms with Crippen molar-refractivity contribution >= 4 is 0 Å². The fourth-order valence-corrected chi connectivity index (χ4v) is 2.71. The first kappa shape index (κ1) is 16.4. The van der Waals surface area contributed by atoms with E-state index in [0.29, 0.717) is 0 Å². The lowest BCUT2D eigenvalue weighted by Crippen LogP contribution is -2.42. The number of nitrogens with zero attached hydrogens (tertiary/aromatic N) is 3. The van der Waals surface area contributed by atoms with Gasteiger partial charge in [-0.1, -0.05) is 0 Å². The largest absolute Gasteiger partial charge is 0.306 e. The van der Waals surface area contributed by atoms with Crippen LogP contribution in [0.3, 0.4) is 0 Å². The molecule has 0 aliphatic carbocycles. The van der Waals surface area contributed by atoms with E-state index in [-0.39, 0.29) is 5.54 Å². The van der Waals surface area contributed by atoms with Crippen molar-refractivity contribution < 1.29 is 0 Å². The third kappa shape index (κ3) is 5.48. The molecule has 1 saturated heterocycles. The molecule has 4 heteroatoms. The number of nitriles is 1. The Balaban J connectivity index is 2.13. The van der Waals surface area contributed by atoms with Crippen molar-refractivity contribution in [1.29, 1.82) is 5.26 Å². The number of nitrogens with one attached hydrogen (secondary N) is 1. The van der Waals surface area contributed by atoms with E-state index in [4.69, 9.17) is 5.26 Å². The minimum absolute atomic E-state index is 0.349. The SMILES string of the molecule is CNC(C)(C#N)CCCCN1CCC(N(C)C)CC1. The second-order valence-electron chi connectivity index (χ2n) is 6.19. The van der Waals surface area contributed by atoms with Gasteiger partial charge in [-0.3, -0.25) is 0 Å². The van der Waals surface area contributed by atoms with Gasteiger partial charge < -0.3 is 15.1 Å². The van der Waals surface area contributed by atoms with Crippen molar-refractivity contribution in [1.82, 2.24) is 15.1 Å². The summed E-state index contributed by atoms with van der Waals surface area (Å²) in [4.78, 5) is 4.92. The Hall–Kier alpha value is -0.630. The van der Waals surface area contributed by atoms with E-state index in [2.05, 4.69) is 35.3 Å². The van der Waals surface area contributed by atoms with Crippen LogP contribution in [-0.2, 0) is 0 Å². The lowest BCUT2D eigenvalue weighted by molar-refractivity contribution is 0.143. The molecule has 0 saturated carbocycles. The minimum Gasteiger partial charge on any atom is -0.306 e. The van der Waals surface area contributed by atoms with Crippen LogP contribution in [0.15, 0.2) is 0 Å². The molecule has 19 heavy (non-hydrogen) atoms. The first-order chi connectivity index (χ1) is 9.00. The second-order valence-corrected chi connectivity index (χ2v) is 6.19. The van der Waals surface area contributed by atoms with Crippen LogP contribution in [0.5, 0.6) is 0 Å². The predicted molar refractivity (Wildman–Crippen MR) is 80.1 cm³/mol. The molecule has 1 aliphatic heterocycles. The zero-order valence-electron chi connectivity index (χ0n) is 13.1. The topological polar surface area (TPSA) is 42.3 Å². The summed E-state index contributed by atoms with van der Waals surface area (Å²) in [5.74, 6) is 0. The first-order valence-corrected chi connectivity index (χ1v) is 7.49. The van der Waals surface area contributed by atoms with Gasteiger partial charge in [-0.2, -0.15) is 5.26 Å². The molecule has 1 fully saturated rings. The van der Waals surface area contributed by atoms with Gasteiger partial charge in [0.05, 0.1) is 6.07 Å². The smallest absolute Gasteiger partial charge is 0.103 e. The van der Waals surface area contributed by atoms with E-state index in [0.717, 1.165) is 18.9 Å². The number of likely N-dealkylation sites (tertiary alicyclic amines) is 1. The van der Waals surface area contributed by atoms with Gasteiger partial charge >= 0.3 is 0 Å². The average molecular weight is 266 g/mol. The zero-order valence-corrected chi connectivity index (χ0v) is 13.1. The molecular formula is C15H30N4. The van der Waals surface area contributed by atoms with Gasteiger partial charge in [0.2, 0.25) is 0 Å². The van der Waals surface area contributed by atoms with Gasteiger partial charge in [-0.05, 0) is 79.8 Å². The quantitative estimate of drug-likeness (QED) is 0.712. The summed E-state index contributed by atoms with van der Waals surface area (Å²) in [6.45, 7) is 5.62. The summed E-state index contributed by atoms with van der Waals surface area (Å²) in [5.41, 5.74) is -0.349. The van der Waals surface area contributed by atoms with Crippen LogP contribution < -0.4 is 5.32 Å². The van der Waals surface area contributed by atoms with Crippen molar-refractivity contribution in [3.8, 4) is 6.07 Å². The highest BCUT2D eigenvalue weighted by Crippen LogP contribution is 2.16. The second kappa shape index (κ2) is 7.84. The Bertz CT molecular complexity index is 289. The molecule has 0 aromatic rings. The van der Waals surface area contributed by atoms with E-state index in [1.165, 1.54) is 38.9 Å². The Morgan fingerprint density at radius 1 is 1.32 bits per heavy atom. The summed E-state index contributed by atoms with van der Waals surface area (Å²) in [6.07, 6.45) is 5.84. The van der Waals surface area contributed by atoms with Crippen molar-refractivity contribution in [2.45, 2.75) is 50.6 Å². The van der Waals surface area contributed by atoms with Crippen LogP contribution in [0.25, 0.3) is 0 Å². The molecule has 0 amide bonds. The molecule has 1 N–H and O–H groups in total. The molecule has 4 nitrogen and oxygen atoms in total. The highest BCUT2D eigenvalue weighted by molar-refractivity contribution is 5.02.